The van der Waals surface area contributed by atoms with Crippen LogP contribution in [-0.2, 0) is 9.53 Å². The minimum absolute atomic E-state index is 0.0137. The average molecular weight is 196 g/mol. The zero-order chi connectivity index (χ0) is 10.8. The highest BCUT2D eigenvalue weighted by atomic mass is 16.5. The lowest BCUT2D eigenvalue weighted by Gasteiger charge is -2.09. The van der Waals surface area contributed by atoms with E-state index in [1.807, 2.05) is 6.92 Å². The monoisotopic (exact) mass is 196 g/mol. The van der Waals surface area contributed by atoms with Crippen LogP contribution in [0.5, 0.6) is 0 Å². The van der Waals surface area contributed by atoms with Gasteiger partial charge in [-0.25, -0.2) is 0 Å². The Balaban J connectivity index is 3.47. The smallest absolute Gasteiger partial charge is 0.309 e. The standard InChI is InChI=1S/C12H20O2/c1-4-6-7-8-9-11(3)12(13)14-10-5-2/h2,11H,4,6-10H2,1,3H3. The molecule has 0 amide bonds. The molecule has 0 saturated heterocycles. The molecule has 0 heterocycles. The van der Waals surface area contributed by atoms with Gasteiger partial charge in [-0.2, -0.15) is 0 Å². The number of hydrogen-bond donors (Lipinski definition) is 0. The van der Waals surface area contributed by atoms with E-state index in [1.54, 1.807) is 0 Å². The molecule has 0 N–H and O–H groups in total. The van der Waals surface area contributed by atoms with Crippen molar-refractivity contribution >= 4 is 5.97 Å². The van der Waals surface area contributed by atoms with Gasteiger partial charge in [-0.1, -0.05) is 45.5 Å². The molecular formula is C12H20O2. The first-order valence-electron chi connectivity index (χ1n) is 5.32. The van der Waals surface area contributed by atoms with Crippen molar-refractivity contribution in [2.45, 2.75) is 46.0 Å². The van der Waals surface area contributed by atoms with E-state index in [-0.39, 0.29) is 18.5 Å². The van der Waals surface area contributed by atoms with E-state index in [0.717, 1.165) is 12.8 Å². The number of carbonyl (C=O) groups is 1. The van der Waals surface area contributed by atoms with Crippen LogP contribution in [-0.4, -0.2) is 12.6 Å². The molecule has 1 unspecified atom stereocenters. The molecule has 0 rings (SSSR count). The molecule has 0 aliphatic carbocycles. The zero-order valence-electron chi connectivity index (χ0n) is 9.21. The van der Waals surface area contributed by atoms with Crippen molar-refractivity contribution in [1.82, 2.24) is 0 Å². The molecule has 0 aliphatic rings. The van der Waals surface area contributed by atoms with Crippen molar-refractivity contribution < 1.29 is 9.53 Å². The summed E-state index contributed by atoms with van der Waals surface area (Å²) in [7, 11) is 0. The van der Waals surface area contributed by atoms with Gasteiger partial charge in [0.05, 0.1) is 5.92 Å². The molecule has 0 radical (unpaired) electrons. The third-order valence-electron chi connectivity index (χ3n) is 2.19. The summed E-state index contributed by atoms with van der Waals surface area (Å²) in [6, 6.07) is 0. The Morgan fingerprint density at radius 2 is 2.14 bits per heavy atom. The molecule has 14 heavy (non-hydrogen) atoms. The summed E-state index contributed by atoms with van der Waals surface area (Å²) in [6.07, 6.45) is 10.7. The first kappa shape index (κ1) is 13.0. The first-order chi connectivity index (χ1) is 6.72. The molecule has 0 aromatic heterocycles. The number of carbonyl (C=O) groups excluding carboxylic acids is 1. The normalized spacial score (nSPS) is 11.8. The third kappa shape index (κ3) is 6.54. The van der Waals surface area contributed by atoms with E-state index in [9.17, 15) is 4.79 Å². The molecule has 0 fully saturated rings. The highest BCUT2D eigenvalue weighted by molar-refractivity contribution is 5.72. The van der Waals surface area contributed by atoms with Crippen LogP contribution in [0.25, 0.3) is 0 Å². The van der Waals surface area contributed by atoms with Crippen LogP contribution in [0, 0.1) is 18.3 Å². The fourth-order valence-corrected chi connectivity index (χ4v) is 1.25. The van der Waals surface area contributed by atoms with Crippen molar-refractivity contribution in [2.75, 3.05) is 6.61 Å². The second kappa shape index (κ2) is 8.62. The lowest BCUT2D eigenvalue weighted by Crippen LogP contribution is -2.14. The van der Waals surface area contributed by atoms with Crippen LogP contribution in [0.15, 0.2) is 0 Å². The van der Waals surface area contributed by atoms with Crippen molar-refractivity contribution in [3.8, 4) is 12.3 Å². The minimum atomic E-state index is -0.167. The van der Waals surface area contributed by atoms with Crippen molar-refractivity contribution in [3.05, 3.63) is 0 Å². The average Bonchev–Trinajstić information content (AvgIpc) is 2.20. The summed E-state index contributed by atoms with van der Waals surface area (Å²) < 4.78 is 4.83. The lowest BCUT2D eigenvalue weighted by atomic mass is 10.0. The van der Waals surface area contributed by atoms with Gasteiger partial charge in [0.25, 0.3) is 0 Å². The number of esters is 1. The second-order valence-corrected chi connectivity index (χ2v) is 3.56. The van der Waals surface area contributed by atoms with Gasteiger partial charge in [-0.3, -0.25) is 4.79 Å². The number of hydrogen-bond acceptors (Lipinski definition) is 2. The SMILES string of the molecule is C#CCOC(=O)C(C)CCCCCC. The van der Waals surface area contributed by atoms with Gasteiger partial charge < -0.3 is 4.74 Å². The van der Waals surface area contributed by atoms with E-state index in [4.69, 9.17) is 11.2 Å². The number of rotatable bonds is 7. The van der Waals surface area contributed by atoms with Gasteiger partial charge in [-0.05, 0) is 6.42 Å². The van der Waals surface area contributed by atoms with Crippen LogP contribution in [0.4, 0.5) is 0 Å². The van der Waals surface area contributed by atoms with Crippen LogP contribution in [0.3, 0.4) is 0 Å². The highest BCUT2D eigenvalue weighted by Gasteiger charge is 2.12. The van der Waals surface area contributed by atoms with Gasteiger partial charge in [0.15, 0.2) is 6.61 Å². The molecule has 80 valence electrons. The van der Waals surface area contributed by atoms with Crippen LogP contribution >= 0.6 is 0 Å². The van der Waals surface area contributed by atoms with Gasteiger partial charge in [0, 0.05) is 0 Å². The molecule has 2 nitrogen and oxygen atoms in total. The number of unbranched alkanes of at least 4 members (excludes halogenated alkanes) is 3. The predicted octanol–water partition coefficient (Wildman–Crippen LogP) is 2.77. The van der Waals surface area contributed by atoms with Crippen LogP contribution in [0.1, 0.15) is 46.0 Å². The van der Waals surface area contributed by atoms with E-state index in [1.165, 1.54) is 19.3 Å². The fourth-order valence-electron chi connectivity index (χ4n) is 1.25. The van der Waals surface area contributed by atoms with E-state index < -0.39 is 0 Å². The van der Waals surface area contributed by atoms with Gasteiger partial charge in [-0.15, -0.1) is 6.42 Å². The van der Waals surface area contributed by atoms with Crippen LogP contribution < -0.4 is 0 Å². The summed E-state index contributed by atoms with van der Waals surface area (Å²) in [6.45, 7) is 4.16. The summed E-state index contributed by atoms with van der Waals surface area (Å²) in [4.78, 5) is 11.2. The summed E-state index contributed by atoms with van der Waals surface area (Å²) in [5, 5.41) is 0. The molecule has 1 atom stereocenters. The highest BCUT2D eigenvalue weighted by Crippen LogP contribution is 2.11. The molecule has 0 saturated carbocycles. The molecule has 2 heteroatoms. The van der Waals surface area contributed by atoms with Gasteiger partial charge >= 0.3 is 5.97 Å². The first-order valence-corrected chi connectivity index (χ1v) is 5.32. The number of ether oxygens (including phenoxy) is 1. The topological polar surface area (TPSA) is 26.3 Å². The Bertz CT molecular complexity index is 191. The maximum Gasteiger partial charge on any atom is 0.309 e. The zero-order valence-corrected chi connectivity index (χ0v) is 9.21. The molecular weight excluding hydrogens is 176 g/mol. The maximum atomic E-state index is 11.2. The number of terminal acetylenes is 1. The summed E-state index contributed by atoms with van der Waals surface area (Å²) >= 11 is 0. The Kier molecular flexibility index (Phi) is 8.02. The quantitative estimate of drug-likeness (QED) is 0.355. The maximum absolute atomic E-state index is 11.2. The molecule has 0 spiro atoms. The Hall–Kier alpha value is -0.970. The third-order valence-corrected chi connectivity index (χ3v) is 2.19. The van der Waals surface area contributed by atoms with Crippen molar-refractivity contribution in [3.63, 3.8) is 0 Å². The van der Waals surface area contributed by atoms with Gasteiger partial charge in [0.2, 0.25) is 0 Å². The Morgan fingerprint density at radius 3 is 2.71 bits per heavy atom. The van der Waals surface area contributed by atoms with Crippen molar-refractivity contribution in [2.24, 2.45) is 5.92 Å². The second-order valence-electron chi connectivity index (χ2n) is 3.56. The Labute approximate surface area is 87.0 Å². The fraction of sp³-hybridized carbons (Fsp3) is 0.750. The molecule has 0 bridgehead atoms. The summed E-state index contributed by atoms with van der Waals surface area (Å²) in [5.41, 5.74) is 0. The van der Waals surface area contributed by atoms with E-state index in [0.29, 0.717) is 0 Å². The predicted molar refractivity (Wildman–Crippen MR) is 57.7 cm³/mol. The largest absolute Gasteiger partial charge is 0.452 e. The Morgan fingerprint density at radius 1 is 1.43 bits per heavy atom. The molecule has 0 aliphatic heterocycles. The van der Waals surface area contributed by atoms with Crippen LogP contribution in [0.2, 0.25) is 0 Å². The minimum Gasteiger partial charge on any atom is -0.452 e. The van der Waals surface area contributed by atoms with E-state index in [2.05, 4.69) is 12.8 Å². The summed E-state index contributed by atoms with van der Waals surface area (Å²) in [5.74, 6) is 2.11. The van der Waals surface area contributed by atoms with Gasteiger partial charge in [0.1, 0.15) is 0 Å². The van der Waals surface area contributed by atoms with E-state index >= 15 is 0 Å². The van der Waals surface area contributed by atoms with Crippen molar-refractivity contribution in [1.29, 1.82) is 0 Å². The molecule has 0 aromatic carbocycles. The lowest BCUT2D eigenvalue weighted by molar-refractivity contribution is -0.146. The molecule has 0 aromatic rings.